The second kappa shape index (κ2) is 13.5. The average Bonchev–Trinajstić information content (AvgIpc) is 3.56. The minimum atomic E-state index is -1.60. The molecule has 0 bridgehead atoms. The number of allylic oxidation sites excluding steroid dienone is 1. The molecule has 21 atom stereocenters. The molecule has 8 rings (SSSR count). The van der Waals surface area contributed by atoms with Crippen LogP contribution in [0.25, 0.3) is 0 Å². The summed E-state index contributed by atoms with van der Waals surface area (Å²) in [5.74, 6) is 3.68. The maximum Gasteiger partial charge on any atom is 0.187 e. The predicted octanol–water partition coefficient (Wildman–Crippen LogP) is 1.96. The van der Waals surface area contributed by atoms with E-state index in [9.17, 15) is 30.6 Å². The largest absolute Gasteiger partial charge is 0.394 e. The van der Waals surface area contributed by atoms with Crippen LogP contribution in [0.3, 0.4) is 0 Å². The van der Waals surface area contributed by atoms with Crippen molar-refractivity contribution in [3.8, 4) is 0 Å². The zero-order valence-corrected chi connectivity index (χ0v) is 31.0. The third kappa shape index (κ3) is 5.84. The first-order valence-electron chi connectivity index (χ1n) is 20.0. The zero-order chi connectivity index (χ0) is 36.2. The molecule has 4 heterocycles. The van der Waals surface area contributed by atoms with Gasteiger partial charge in [-0.3, -0.25) is 5.32 Å². The van der Waals surface area contributed by atoms with E-state index in [0.29, 0.717) is 48.0 Å². The van der Waals surface area contributed by atoms with Gasteiger partial charge in [0.15, 0.2) is 12.6 Å². The van der Waals surface area contributed by atoms with E-state index in [1.807, 2.05) is 0 Å². The Morgan fingerprint density at radius 2 is 1.63 bits per heavy atom. The smallest absolute Gasteiger partial charge is 0.187 e. The second-order valence-corrected chi connectivity index (χ2v) is 18.4. The van der Waals surface area contributed by atoms with Gasteiger partial charge in [0.2, 0.25) is 0 Å². The third-order valence-electron chi connectivity index (χ3n) is 15.8. The molecule has 4 saturated heterocycles. The van der Waals surface area contributed by atoms with Crippen LogP contribution in [0.5, 0.6) is 0 Å². The first-order valence-corrected chi connectivity index (χ1v) is 20.0. The molecule has 4 aliphatic carbocycles. The number of aliphatic hydroxyl groups is 6. The fourth-order valence-corrected chi connectivity index (χ4v) is 12.7. The molecule has 3 saturated carbocycles. The first kappa shape index (κ1) is 37.2. The Balaban J connectivity index is 0.964. The molecule has 12 nitrogen and oxygen atoms in total. The monoisotopic (exact) mass is 721 g/mol. The van der Waals surface area contributed by atoms with Crippen molar-refractivity contribution in [3.63, 3.8) is 0 Å². The summed E-state index contributed by atoms with van der Waals surface area (Å²) in [6.45, 7) is 11.9. The summed E-state index contributed by atoms with van der Waals surface area (Å²) < 4.78 is 31.2. The van der Waals surface area contributed by atoms with E-state index >= 15 is 0 Å². The molecule has 0 aromatic heterocycles. The van der Waals surface area contributed by atoms with Gasteiger partial charge in [0, 0.05) is 12.5 Å². The molecular formula is C39H63NO11. The number of piperidine rings is 1. The Labute approximate surface area is 302 Å². The number of ether oxygens (including phenoxy) is 5. The molecule has 1 spiro atoms. The van der Waals surface area contributed by atoms with E-state index in [2.05, 4.69) is 39.1 Å². The summed E-state index contributed by atoms with van der Waals surface area (Å²) in [6.07, 6.45) is -1.26. The zero-order valence-electron chi connectivity index (χ0n) is 31.0. The fourth-order valence-electron chi connectivity index (χ4n) is 12.7. The summed E-state index contributed by atoms with van der Waals surface area (Å²) in [6, 6.07) is 0. The van der Waals surface area contributed by atoms with Gasteiger partial charge in [-0.15, -0.1) is 0 Å². The van der Waals surface area contributed by atoms with Crippen LogP contribution in [0.2, 0.25) is 0 Å². The van der Waals surface area contributed by atoms with E-state index < -0.39 is 68.0 Å². The van der Waals surface area contributed by atoms with Gasteiger partial charge in [-0.05, 0) is 105 Å². The summed E-state index contributed by atoms with van der Waals surface area (Å²) in [7, 11) is 0. The van der Waals surface area contributed by atoms with Crippen LogP contribution in [-0.4, -0.2) is 123 Å². The van der Waals surface area contributed by atoms with E-state index in [4.69, 9.17) is 23.7 Å². The molecule has 0 amide bonds. The number of aliphatic hydroxyl groups excluding tert-OH is 6. The highest BCUT2D eigenvalue weighted by Gasteiger charge is 2.68. The van der Waals surface area contributed by atoms with Crippen molar-refractivity contribution < 1.29 is 54.3 Å². The molecule has 8 aliphatic rings. The van der Waals surface area contributed by atoms with Gasteiger partial charge in [-0.25, -0.2) is 0 Å². The van der Waals surface area contributed by atoms with Crippen molar-refractivity contribution in [2.24, 2.45) is 46.3 Å². The lowest BCUT2D eigenvalue weighted by molar-refractivity contribution is -0.369. The third-order valence-corrected chi connectivity index (χ3v) is 15.8. The molecule has 7 fully saturated rings. The van der Waals surface area contributed by atoms with Crippen LogP contribution < -0.4 is 5.32 Å². The SMILES string of the molecule is C[C@H]1CC[C@]2(NC1)O[C@H]1C[C@H]3[C@@H]4CC=C5C[C@@H](O[C@@H]6O[C@H](CO)[C@@H](O)[C@H](O)[C@H]6O[C@H]6O[C@@H](C)[C@H](O)[C@@H](O)[C@H]6O)CC[C@]5(C)[C@H]4CC[C@]3(C)[C@H]1[C@@H]2C. The van der Waals surface area contributed by atoms with Crippen molar-refractivity contribution in [1.82, 2.24) is 5.32 Å². The lowest BCUT2D eigenvalue weighted by atomic mass is 9.47. The summed E-state index contributed by atoms with van der Waals surface area (Å²) in [5, 5.41) is 66.8. The number of fused-ring (bicyclic) bond motifs is 7. The minimum Gasteiger partial charge on any atom is -0.394 e. The summed E-state index contributed by atoms with van der Waals surface area (Å²) >= 11 is 0. The van der Waals surface area contributed by atoms with Crippen LogP contribution in [0.4, 0.5) is 0 Å². The summed E-state index contributed by atoms with van der Waals surface area (Å²) in [5.41, 5.74) is 1.61. The highest BCUT2D eigenvalue weighted by molar-refractivity contribution is 5.26. The normalized spacial score (nSPS) is 58.4. The van der Waals surface area contributed by atoms with Crippen LogP contribution in [0.1, 0.15) is 92.4 Å². The van der Waals surface area contributed by atoms with E-state index in [1.54, 1.807) is 6.92 Å². The molecule has 0 aromatic carbocycles. The molecule has 4 aliphatic heterocycles. The maximum absolute atomic E-state index is 11.1. The Morgan fingerprint density at radius 1 is 0.843 bits per heavy atom. The molecule has 290 valence electrons. The topological polar surface area (TPSA) is 180 Å². The molecule has 12 heteroatoms. The first-order chi connectivity index (χ1) is 24.2. The van der Waals surface area contributed by atoms with Gasteiger partial charge in [0.25, 0.3) is 0 Å². The molecule has 0 radical (unpaired) electrons. The van der Waals surface area contributed by atoms with Crippen molar-refractivity contribution in [2.45, 2.75) is 172 Å². The molecule has 0 aromatic rings. The second-order valence-electron chi connectivity index (χ2n) is 18.4. The van der Waals surface area contributed by atoms with E-state index in [-0.39, 0.29) is 22.7 Å². The van der Waals surface area contributed by atoms with Gasteiger partial charge in [-0.2, -0.15) is 0 Å². The van der Waals surface area contributed by atoms with Gasteiger partial charge in [0.1, 0.15) is 48.5 Å². The number of rotatable bonds is 5. The molecule has 51 heavy (non-hydrogen) atoms. The van der Waals surface area contributed by atoms with Crippen molar-refractivity contribution in [2.75, 3.05) is 13.2 Å². The Hall–Kier alpha value is -0.740. The van der Waals surface area contributed by atoms with Gasteiger partial charge in [-0.1, -0.05) is 39.3 Å². The Morgan fingerprint density at radius 3 is 2.35 bits per heavy atom. The van der Waals surface area contributed by atoms with Crippen molar-refractivity contribution in [3.05, 3.63) is 11.6 Å². The Bertz CT molecular complexity index is 1310. The number of hydrogen-bond acceptors (Lipinski definition) is 12. The standard InChI is InChI=1S/C39H63NO11/c1-18-8-13-39(40-16-18)19(2)28-26(51-39)15-25-23-7-6-21-14-22(9-11-37(21,4)24(23)10-12-38(25,28)5)48-36-34(32(45)30(43)27(17-41)49-36)50-35-33(46)31(44)29(42)20(3)47-35/h6,18-20,22-36,40-46H,7-17H2,1-5H3/t18-,19-,20-,22-,23+,24-,25-,26-,27+,28-,29-,30+,31+,32-,33+,34+,35+,36+,37-,38-,39-/m0/s1. The minimum absolute atomic E-state index is 0.0659. The highest BCUT2D eigenvalue weighted by Crippen LogP contribution is 2.70. The predicted molar refractivity (Wildman–Crippen MR) is 184 cm³/mol. The average molecular weight is 722 g/mol. The van der Waals surface area contributed by atoms with Crippen LogP contribution in [0, 0.1) is 46.3 Å². The van der Waals surface area contributed by atoms with Gasteiger partial charge >= 0.3 is 0 Å². The molecule has 0 unspecified atom stereocenters. The van der Waals surface area contributed by atoms with Gasteiger partial charge < -0.3 is 54.3 Å². The van der Waals surface area contributed by atoms with Gasteiger partial charge in [0.05, 0.1) is 24.9 Å². The lowest BCUT2D eigenvalue weighted by Gasteiger charge is -2.59. The van der Waals surface area contributed by atoms with Crippen LogP contribution in [-0.2, 0) is 23.7 Å². The number of hydrogen-bond donors (Lipinski definition) is 7. The maximum atomic E-state index is 11.1. The van der Waals surface area contributed by atoms with Crippen molar-refractivity contribution >= 4 is 0 Å². The Kier molecular flexibility index (Phi) is 9.83. The van der Waals surface area contributed by atoms with E-state index in [0.717, 1.165) is 38.6 Å². The number of nitrogens with one attached hydrogen (secondary N) is 1. The lowest BCUT2D eigenvalue weighted by Crippen LogP contribution is -2.64. The summed E-state index contributed by atoms with van der Waals surface area (Å²) in [4.78, 5) is 0. The van der Waals surface area contributed by atoms with Crippen LogP contribution in [0.15, 0.2) is 11.6 Å². The fraction of sp³-hybridized carbons (Fsp3) is 0.949. The molecular weight excluding hydrogens is 658 g/mol. The van der Waals surface area contributed by atoms with Crippen molar-refractivity contribution in [1.29, 1.82) is 0 Å². The van der Waals surface area contributed by atoms with Crippen LogP contribution >= 0.6 is 0 Å². The molecule has 7 N–H and O–H groups in total. The highest BCUT2D eigenvalue weighted by atomic mass is 16.8. The quantitative estimate of drug-likeness (QED) is 0.206. The van der Waals surface area contributed by atoms with E-state index in [1.165, 1.54) is 24.8 Å².